The molecule has 0 saturated carbocycles. The summed E-state index contributed by atoms with van der Waals surface area (Å²) in [5.41, 5.74) is 7.08. The first kappa shape index (κ1) is 26.1. The van der Waals surface area contributed by atoms with Crippen LogP contribution in [0.5, 0.6) is 0 Å². The number of carbonyl (C=O) groups excluding carboxylic acids is 3. The van der Waals surface area contributed by atoms with Crippen LogP contribution >= 0.6 is 0 Å². The Labute approximate surface area is 207 Å². The molecule has 0 bridgehead atoms. The minimum atomic E-state index is -0.691. The molecule has 3 rings (SSSR count). The molecule has 0 saturated heterocycles. The zero-order valence-corrected chi connectivity index (χ0v) is 20.2. The molecule has 1 atom stereocenters. The van der Waals surface area contributed by atoms with Gasteiger partial charge in [0.2, 0.25) is 11.8 Å². The number of nitrogens with two attached hydrogens (primary N) is 1. The summed E-state index contributed by atoms with van der Waals surface area (Å²) in [4.78, 5) is 40.7. The summed E-state index contributed by atoms with van der Waals surface area (Å²) in [6.45, 7) is 8.60. The maximum Gasteiger partial charge on any atom is 0.273 e. The number of halogens is 1. The summed E-state index contributed by atoms with van der Waals surface area (Å²) in [5, 5.41) is 9.59. The summed E-state index contributed by atoms with van der Waals surface area (Å²) >= 11 is 0. The van der Waals surface area contributed by atoms with Gasteiger partial charge in [0.15, 0.2) is 5.69 Å². The van der Waals surface area contributed by atoms with Gasteiger partial charge in [-0.1, -0.05) is 19.6 Å². The van der Waals surface area contributed by atoms with Crippen LogP contribution in [-0.4, -0.2) is 39.0 Å². The quantitative estimate of drug-likeness (QED) is 0.370. The van der Waals surface area contributed by atoms with Gasteiger partial charge in [0.25, 0.3) is 11.8 Å². The second-order valence-electron chi connectivity index (χ2n) is 7.78. The maximum absolute atomic E-state index is 13.3. The molecular formula is C25H27FN6O4. The van der Waals surface area contributed by atoms with E-state index in [1.807, 2.05) is 6.92 Å². The molecule has 10 nitrogen and oxygen atoms in total. The summed E-state index contributed by atoms with van der Waals surface area (Å²) in [5.74, 6) is -1.71. The average Bonchev–Trinajstić information content (AvgIpc) is 3.45. The standard InChI is InChI=1S/C25H27FN6O4/c1-5-17(18-12-29-32(20(18)7-3)16-10-8-15(26)9-11-16)23(34)30-19(6-2)25-31-22(14(4)36-25)24(35)28-13-21(27)33/h5,7-12,19H,3,6,13H2,1-2,4H3,(H2,27,33)(H,28,35)(H,30,34)/b17-5+. The number of benzene rings is 1. The van der Waals surface area contributed by atoms with Gasteiger partial charge in [0, 0.05) is 11.1 Å². The third-order valence-electron chi connectivity index (χ3n) is 5.36. The SMILES string of the molecule is C=Cc1c(/C(=C\C)C(=O)NC(CC)c2nc(C(=O)NCC(N)=O)c(C)o2)cnn1-c1ccc(F)cc1. The van der Waals surface area contributed by atoms with Gasteiger partial charge in [0.05, 0.1) is 24.1 Å². The highest BCUT2D eigenvalue weighted by molar-refractivity contribution is 6.20. The zero-order chi connectivity index (χ0) is 26.4. The van der Waals surface area contributed by atoms with Crippen LogP contribution in [0.3, 0.4) is 0 Å². The lowest BCUT2D eigenvalue weighted by Crippen LogP contribution is -2.34. The number of rotatable bonds is 10. The van der Waals surface area contributed by atoms with Crippen LogP contribution < -0.4 is 16.4 Å². The zero-order valence-electron chi connectivity index (χ0n) is 20.2. The number of nitrogens with zero attached hydrogens (tertiary/aromatic N) is 3. The van der Waals surface area contributed by atoms with Crippen LogP contribution in [0.25, 0.3) is 17.3 Å². The van der Waals surface area contributed by atoms with Crippen molar-refractivity contribution in [3.8, 4) is 5.69 Å². The minimum Gasteiger partial charge on any atom is -0.443 e. The van der Waals surface area contributed by atoms with E-state index in [9.17, 15) is 18.8 Å². The number of hydrogen-bond donors (Lipinski definition) is 3. The van der Waals surface area contributed by atoms with Gasteiger partial charge in [-0.3, -0.25) is 14.4 Å². The normalized spacial score (nSPS) is 12.2. The third-order valence-corrected chi connectivity index (χ3v) is 5.36. The second-order valence-corrected chi connectivity index (χ2v) is 7.78. The number of aromatic nitrogens is 3. The monoisotopic (exact) mass is 494 g/mol. The average molecular weight is 495 g/mol. The summed E-state index contributed by atoms with van der Waals surface area (Å²) < 4.78 is 20.6. The van der Waals surface area contributed by atoms with E-state index in [1.54, 1.807) is 42.8 Å². The van der Waals surface area contributed by atoms with Gasteiger partial charge < -0.3 is 20.8 Å². The molecular weight excluding hydrogens is 467 g/mol. The fraction of sp³-hybridized carbons (Fsp3) is 0.240. The molecule has 188 valence electrons. The van der Waals surface area contributed by atoms with Crippen molar-refractivity contribution in [2.75, 3.05) is 6.54 Å². The summed E-state index contributed by atoms with van der Waals surface area (Å²) in [6.07, 6.45) is 5.17. The van der Waals surface area contributed by atoms with Crippen molar-refractivity contribution < 1.29 is 23.2 Å². The van der Waals surface area contributed by atoms with Gasteiger partial charge >= 0.3 is 0 Å². The predicted octanol–water partition coefficient (Wildman–Crippen LogP) is 2.84. The molecule has 0 aliphatic rings. The highest BCUT2D eigenvalue weighted by Crippen LogP contribution is 2.26. The highest BCUT2D eigenvalue weighted by Gasteiger charge is 2.26. The molecule has 0 spiro atoms. The number of aryl methyl sites for hydroxylation is 1. The number of hydrogen-bond acceptors (Lipinski definition) is 6. The topological polar surface area (TPSA) is 145 Å². The van der Waals surface area contributed by atoms with Crippen molar-refractivity contribution in [2.45, 2.75) is 33.2 Å². The molecule has 1 unspecified atom stereocenters. The Kier molecular flexibility index (Phi) is 8.15. The van der Waals surface area contributed by atoms with E-state index in [1.165, 1.54) is 18.3 Å². The van der Waals surface area contributed by atoms with E-state index >= 15 is 0 Å². The molecule has 36 heavy (non-hydrogen) atoms. The number of primary amides is 1. The summed E-state index contributed by atoms with van der Waals surface area (Å²) in [7, 11) is 0. The molecule has 2 heterocycles. The van der Waals surface area contributed by atoms with Crippen LogP contribution in [-0.2, 0) is 9.59 Å². The molecule has 1 aromatic carbocycles. The fourth-order valence-corrected chi connectivity index (χ4v) is 3.56. The lowest BCUT2D eigenvalue weighted by Gasteiger charge is -2.15. The molecule has 2 aromatic heterocycles. The van der Waals surface area contributed by atoms with Crippen LogP contribution in [0.1, 0.15) is 59.7 Å². The van der Waals surface area contributed by atoms with Gasteiger partial charge in [-0.15, -0.1) is 0 Å². The van der Waals surface area contributed by atoms with E-state index in [4.69, 9.17) is 10.2 Å². The predicted molar refractivity (Wildman–Crippen MR) is 131 cm³/mol. The second kappa shape index (κ2) is 11.3. The van der Waals surface area contributed by atoms with E-state index in [2.05, 4.69) is 27.3 Å². The molecule has 0 aliphatic carbocycles. The van der Waals surface area contributed by atoms with Crippen molar-refractivity contribution in [1.82, 2.24) is 25.4 Å². The molecule has 0 fully saturated rings. The van der Waals surface area contributed by atoms with E-state index in [0.29, 0.717) is 28.9 Å². The van der Waals surface area contributed by atoms with E-state index < -0.39 is 23.8 Å². The third kappa shape index (κ3) is 5.57. The van der Waals surface area contributed by atoms with Crippen LogP contribution in [0, 0.1) is 12.7 Å². The first-order valence-electron chi connectivity index (χ1n) is 11.2. The Morgan fingerprint density at radius 2 is 1.97 bits per heavy atom. The summed E-state index contributed by atoms with van der Waals surface area (Å²) in [6, 6.07) is 5.15. The van der Waals surface area contributed by atoms with Gasteiger partial charge in [0.1, 0.15) is 17.6 Å². The number of oxazole rings is 1. The number of nitrogens with one attached hydrogen (secondary N) is 2. The smallest absolute Gasteiger partial charge is 0.273 e. The first-order chi connectivity index (χ1) is 17.2. The van der Waals surface area contributed by atoms with E-state index in [-0.39, 0.29) is 29.7 Å². The largest absolute Gasteiger partial charge is 0.443 e. The van der Waals surface area contributed by atoms with Gasteiger partial charge in [-0.2, -0.15) is 5.10 Å². The number of amides is 3. The molecule has 3 amide bonds. The van der Waals surface area contributed by atoms with Crippen molar-refractivity contribution in [1.29, 1.82) is 0 Å². The first-order valence-corrected chi connectivity index (χ1v) is 11.2. The van der Waals surface area contributed by atoms with Crippen LogP contribution in [0.4, 0.5) is 4.39 Å². The maximum atomic E-state index is 13.3. The molecule has 3 aromatic rings. The van der Waals surface area contributed by atoms with E-state index in [0.717, 1.165) is 0 Å². The van der Waals surface area contributed by atoms with Crippen molar-refractivity contribution >= 4 is 29.4 Å². The minimum absolute atomic E-state index is 0.000256. The Bertz CT molecular complexity index is 1320. The van der Waals surface area contributed by atoms with Gasteiger partial charge in [-0.25, -0.2) is 14.1 Å². The fourth-order valence-electron chi connectivity index (χ4n) is 3.56. The van der Waals surface area contributed by atoms with Crippen molar-refractivity contribution in [2.24, 2.45) is 5.73 Å². The van der Waals surface area contributed by atoms with Crippen molar-refractivity contribution in [3.63, 3.8) is 0 Å². The Morgan fingerprint density at radius 1 is 1.28 bits per heavy atom. The Morgan fingerprint density at radius 3 is 2.56 bits per heavy atom. The Hall–Kier alpha value is -4.54. The Balaban J connectivity index is 1.84. The number of allylic oxidation sites excluding steroid dienone is 1. The lowest BCUT2D eigenvalue weighted by molar-refractivity contribution is -0.117. The van der Waals surface area contributed by atoms with Gasteiger partial charge in [-0.05, 0) is 50.6 Å². The van der Waals surface area contributed by atoms with Crippen LogP contribution in [0.2, 0.25) is 0 Å². The molecule has 11 heteroatoms. The molecule has 0 radical (unpaired) electrons. The molecule has 0 aliphatic heterocycles. The highest BCUT2D eigenvalue weighted by atomic mass is 19.1. The van der Waals surface area contributed by atoms with Crippen molar-refractivity contribution in [3.05, 3.63) is 77.5 Å². The number of carbonyl (C=O) groups is 3. The molecule has 4 N–H and O–H groups in total. The van der Waals surface area contributed by atoms with Crippen LogP contribution in [0.15, 0.2) is 47.5 Å². The lowest BCUT2D eigenvalue weighted by atomic mass is 10.0.